The largest absolute Gasteiger partial charge is 0.492 e. The molecule has 0 spiro atoms. The number of benzene rings is 2. The van der Waals surface area contributed by atoms with Gasteiger partial charge in [0.25, 0.3) is 5.91 Å². The third-order valence-electron chi connectivity index (χ3n) is 4.01. The van der Waals surface area contributed by atoms with E-state index in [1.165, 1.54) is 0 Å². The molecular formula is C20H21ClN2O2S2. The Bertz CT molecular complexity index is 812. The Morgan fingerprint density at radius 2 is 2.04 bits per heavy atom. The number of carbonyl (C=O) groups is 1. The number of hydrogen-bond donors (Lipinski definition) is 0. The number of thioether (sulfide) groups is 2. The van der Waals surface area contributed by atoms with E-state index in [1.54, 1.807) is 47.6 Å². The summed E-state index contributed by atoms with van der Waals surface area (Å²) in [5.41, 5.74) is 1.77. The zero-order valence-corrected chi connectivity index (χ0v) is 17.4. The average molecular weight is 421 g/mol. The van der Waals surface area contributed by atoms with Crippen LogP contribution >= 0.6 is 35.1 Å². The van der Waals surface area contributed by atoms with Gasteiger partial charge in [0.15, 0.2) is 0 Å². The quantitative estimate of drug-likeness (QED) is 0.643. The van der Waals surface area contributed by atoms with Gasteiger partial charge >= 0.3 is 0 Å². The van der Waals surface area contributed by atoms with E-state index in [4.69, 9.17) is 16.3 Å². The predicted octanol–water partition coefficient (Wildman–Crippen LogP) is 4.83. The second-order valence-corrected chi connectivity index (χ2v) is 8.71. The van der Waals surface area contributed by atoms with Crippen LogP contribution < -0.4 is 4.74 Å². The van der Waals surface area contributed by atoms with Crippen LogP contribution in [0.2, 0.25) is 5.02 Å². The lowest BCUT2D eigenvalue weighted by Crippen LogP contribution is -2.31. The van der Waals surface area contributed by atoms with Crippen molar-refractivity contribution in [3.05, 3.63) is 64.7 Å². The van der Waals surface area contributed by atoms with Gasteiger partial charge in [0.2, 0.25) is 0 Å². The van der Waals surface area contributed by atoms with Crippen LogP contribution in [-0.4, -0.2) is 47.7 Å². The maximum Gasteiger partial charge on any atom is 0.254 e. The Balaban J connectivity index is 1.55. The fraction of sp³-hybridized carbons (Fsp3) is 0.300. The second-order valence-electron chi connectivity index (χ2n) is 5.97. The second kappa shape index (κ2) is 10.1. The number of amides is 1. The van der Waals surface area contributed by atoms with Crippen molar-refractivity contribution < 1.29 is 9.53 Å². The average Bonchev–Trinajstić information content (AvgIpc) is 3.21. The minimum absolute atomic E-state index is 0.00641. The van der Waals surface area contributed by atoms with Crippen molar-refractivity contribution >= 4 is 45.4 Å². The van der Waals surface area contributed by atoms with Gasteiger partial charge in [-0.25, -0.2) is 0 Å². The molecule has 7 heteroatoms. The molecule has 1 aliphatic rings. The summed E-state index contributed by atoms with van der Waals surface area (Å²) in [7, 11) is 1.80. The molecule has 2 aromatic carbocycles. The Hall–Kier alpha value is -1.63. The van der Waals surface area contributed by atoms with Crippen molar-refractivity contribution in [2.45, 2.75) is 5.75 Å². The van der Waals surface area contributed by atoms with E-state index in [0.29, 0.717) is 18.2 Å². The molecule has 0 aromatic heterocycles. The molecule has 0 fully saturated rings. The van der Waals surface area contributed by atoms with E-state index in [9.17, 15) is 4.79 Å². The number of hydrogen-bond acceptors (Lipinski definition) is 5. The fourth-order valence-corrected chi connectivity index (χ4v) is 4.67. The van der Waals surface area contributed by atoms with Gasteiger partial charge in [-0.3, -0.25) is 9.79 Å². The van der Waals surface area contributed by atoms with Gasteiger partial charge in [0, 0.05) is 29.1 Å². The third-order valence-corrected chi connectivity index (χ3v) is 6.57. The molecule has 1 aliphatic heterocycles. The minimum Gasteiger partial charge on any atom is -0.492 e. The van der Waals surface area contributed by atoms with Crippen LogP contribution in [0, 0.1) is 0 Å². The van der Waals surface area contributed by atoms with Crippen LogP contribution in [0.4, 0.5) is 0 Å². The summed E-state index contributed by atoms with van der Waals surface area (Å²) >= 11 is 9.36. The summed E-state index contributed by atoms with van der Waals surface area (Å²) in [6, 6.07) is 15.0. The van der Waals surface area contributed by atoms with Crippen LogP contribution in [0.25, 0.3) is 0 Å². The summed E-state index contributed by atoms with van der Waals surface area (Å²) in [5, 5.41) is 0.672. The van der Waals surface area contributed by atoms with Crippen molar-refractivity contribution in [1.29, 1.82) is 0 Å². The Morgan fingerprint density at radius 1 is 1.26 bits per heavy atom. The topological polar surface area (TPSA) is 41.9 Å². The van der Waals surface area contributed by atoms with Crippen LogP contribution in [0.1, 0.15) is 15.9 Å². The first-order valence-corrected chi connectivity index (χ1v) is 11.0. The first-order chi connectivity index (χ1) is 13.1. The lowest BCUT2D eigenvalue weighted by Gasteiger charge is -2.19. The Morgan fingerprint density at radius 3 is 2.78 bits per heavy atom. The standard InChI is InChI=1S/C20H21ClN2O2S2/c1-23(11-12-25-17-8-6-16(21)7-9-17)19(24)18-5-3-2-4-15(18)14-27-20-22-10-13-26-20/h2-9H,10-14H2,1H3. The van der Waals surface area contributed by atoms with Crippen molar-refractivity contribution in [1.82, 2.24) is 4.90 Å². The van der Waals surface area contributed by atoms with Gasteiger partial charge in [0.1, 0.15) is 16.7 Å². The van der Waals surface area contributed by atoms with Gasteiger partial charge in [-0.15, -0.1) is 0 Å². The summed E-state index contributed by atoms with van der Waals surface area (Å²) in [6.07, 6.45) is 0. The molecule has 3 rings (SSSR count). The van der Waals surface area contributed by atoms with Crippen LogP contribution in [0.5, 0.6) is 5.75 Å². The maximum atomic E-state index is 12.9. The van der Waals surface area contributed by atoms with Gasteiger partial charge in [-0.05, 0) is 35.9 Å². The zero-order valence-electron chi connectivity index (χ0n) is 15.1. The highest BCUT2D eigenvalue weighted by molar-refractivity contribution is 8.38. The monoisotopic (exact) mass is 420 g/mol. The lowest BCUT2D eigenvalue weighted by atomic mass is 10.1. The third kappa shape index (κ3) is 5.92. The van der Waals surface area contributed by atoms with Gasteiger partial charge in [-0.2, -0.15) is 0 Å². The Kier molecular flexibility index (Phi) is 7.50. The smallest absolute Gasteiger partial charge is 0.254 e. The van der Waals surface area contributed by atoms with Gasteiger partial charge in [-0.1, -0.05) is 53.3 Å². The minimum atomic E-state index is 0.00641. The molecule has 0 N–H and O–H groups in total. The molecule has 0 saturated heterocycles. The number of aliphatic imine (C=N–C) groups is 1. The number of halogens is 1. The lowest BCUT2D eigenvalue weighted by molar-refractivity contribution is 0.0773. The maximum absolute atomic E-state index is 12.9. The number of likely N-dealkylation sites (N-methyl/N-ethyl adjacent to an activating group) is 1. The van der Waals surface area contributed by atoms with Crippen molar-refractivity contribution in [2.24, 2.45) is 4.99 Å². The number of nitrogens with zero attached hydrogens (tertiary/aromatic N) is 2. The molecular weight excluding hydrogens is 400 g/mol. The van der Waals surface area contributed by atoms with E-state index in [-0.39, 0.29) is 5.91 Å². The first-order valence-electron chi connectivity index (χ1n) is 8.65. The molecule has 142 valence electrons. The Labute approximate surface area is 173 Å². The molecule has 1 heterocycles. The summed E-state index contributed by atoms with van der Waals surface area (Å²) in [4.78, 5) is 19.0. The molecule has 0 radical (unpaired) electrons. The normalized spacial score (nSPS) is 13.3. The molecule has 4 nitrogen and oxygen atoms in total. The summed E-state index contributed by atoms with van der Waals surface area (Å²) in [6.45, 7) is 1.82. The molecule has 1 amide bonds. The van der Waals surface area contributed by atoms with Crippen LogP contribution in [0.15, 0.2) is 53.5 Å². The summed E-state index contributed by atoms with van der Waals surface area (Å²) < 4.78 is 6.80. The van der Waals surface area contributed by atoms with E-state index in [0.717, 1.165) is 39.3 Å². The molecule has 0 saturated carbocycles. The highest BCUT2D eigenvalue weighted by Crippen LogP contribution is 2.26. The number of carbonyl (C=O) groups excluding carboxylic acids is 1. The molecule has 0 atom stereocenters. The van der Waals surface area contributed by atoms with Gasteiger partial charge < -0.3 is 9.64 Å². The van der Waals surface area contributed by atoms with E-state index in [2.05, 4.69) is 4.99 Å². The SMILES string of the molecule is CN(CCOc1ccc(Cl)cc1)C(=O)c1ccccc1CSC1=NCCS1. The van der Waals surface area contributed by atoms with E-state index >= 15 is 0 Å². The molecule has 0 bridgehead atoms. The van der Waals surface area contributed by atoms with Crippen LogP contribution in [-0.2, 0) is 5.75 Å². The fourth-order valence-electron chi connectivity index (χ4n) is 2.54. The zero-order chi connectivity index (χ0) is 19.1. The number of ether oxygens (including phenoxy) is 1. The van der Waals surface area contributed by atoms with Gasteiger partial charge in [0.05, 0.1) is 13.1 Å². The van der Waals surface area contributed by atoms with Crippen molar-refractivity contribution in [3.8, 4) is 5.75 Å². The predicted molar refractivity (Wildman–Crippen MR) is 116 cm³/mol. The molecule has 0 unspecified atom stereocenters. The number of rotatable bonds is 7. The van der Waals surface area contributed by atoms with Crippen LogP contribution in [0.3, 0.4) is 0 Å². The highest BCUT2D eigenvalue weighted by Gasteiger charge is 2.17. The molecule has 27 heavy (non-hydrogen) atoms. The summed E-state index contributed by atoms with van der Waals surface area (Å²) in [5.74, 6) is 2.56. The van der Waals surface area contributed by atoms with Crippen molar-refractivity contribution in [2.75, 3.05) is 32.5 Å². The molecule has 0 aliphatic carbocycles. The van der Waals surface area contributed by atoms with Crippen molar-refractivity contribution in [3.63, 3.8) is 0 Å². The van der Waals surface area contributed by atoms with E-state index in [1.807, 2.05) is 36.4 Å². The van der Waals surface area contributed by atoms with E-state index < -0.39 is 0 Å². The first kappa shape index (κ1) is 20.1. The molecule has 2 aromatic rings. The highest BCUT2D eigenvalue weighted by atomic mass is 35.5.